The Morgan fingerprint density at radius 1 is 0.682 bits per heavy atom. The molecular weight excluding hydrogens is 300 g/mol. The lowest BCUT2D eigenvalue weighted by Gasteiger charge is -1.91. The minimum absolute atomic E-state index is 0.122. The van der Waals surface area contributed by atoms with E-state index in [1.807, 2.05) is 0 Å². The maximum Gasteiger partial charge on any atom is 0.329 e. The highest BCUT2D eigenvalue weighted by Crippen LogP contribution is 1.65. The molecule has 0 aliphatic carbocycles. The Bertz CT molecular complexity index is 154. The van der Waals surface area contributed by atoms with Gasteiger partial charge in [0.25, 0.3) is 0 Å². The Balaban J connectivity index is -0.0000000986. The number of methoxy groups -OCH3 is 5. The normalized spacial score (nSPS) is 8.50. The van der Waals surface area contributed by atoms with Gasteiger partial charge in [-0.1, -0.05) is 0 Å². The molecule has 0 unspecified atom stereocenters. The predicted molar refractivity (Wildman–Crippen MR) is 81.2 cm³/mol. The van der Waals surface area contributed by atoms with Crippen molar-refractivity contribution in [2.75, 3.05) is 81.8 Å². The van der Waals surface area contributed by atoms with Crippen molar-refractivity contribution in [3.63, 3.8) is 0 Å². The molecule has 3 N–H and O–H groups in total. The first kappa shape index (κ1) is 29.2. The minimum Gasteiger partial charge on any atom is -0.480 e. The van der Waals surface area contributed by atoms with Crippen molar-refractivity contribution < 1.29 is 43.8 Å². The average molecular weight is 332 g/mol. The number of carboxylic acid groups (broad SMARTS) is 1. The molecular formula is C13H32O9. The van der Waals surface area contributed by atoms with Crippen LogP contribution < -0.4 is 0 Å². The molecule has 0 amide bonds. The van der Waals surface area contributed by atoms with Gasteiger partial charge in [-0.3, -0.25) is 0 Å². The summed E-state index contributed by atoms with van der Waals surface area (Å²) < 4.78 is 22.4. The second-order valence-corrected chi connectivity index (χ2v) is 3.25. The second-order valence-electron chi connectivity index (χ2n) is 3.25. The van der Waals surface area contributed by atoms with E-state index in [0.717, 1.165) is 0 Å². The summed E-state index contributed by atoms with van der Waals surface area (Å²) >= 11 is 0. The third-order valence-electron chi connectivity index (χ3n) is 1.35. The van der Waals surface area contributed by atoms with Crippen LogP contribution in [0.3, 0.4) is 0 Å². The second kappa shape index (κ2) is 36.9. The van der Waals surface area contributed by atoms with Crippen molar-refractivity contribution in [3.05, 3.63) is 0 Å². The molecule has 9 heteroatoms. The van der Waals surface area contributed by atoms with Gasteiger partial charge in [0, 0.05) is 35.5 Å². The molecule has 9 nitrogen and oxygen atoms in total. The van der Waals surface area contributed by atoms with Crippen LogP contribution in [0, 0.1) is 0 Å². The summed E-state index contributed by atoms with van der Waals surface area (Å²) in [6, 6.07) is 0. The lowest BCUT2D eigenvalue weighted by Crippen LogP contribution is -2.02. The van der Waals surface area contributed by atoms with Crippen LogP contribution in [-0.4, -0.2) is 103 Å². The maximum absolute atomic E-state index is 9.47. The molecule has 0 aromatic carbocycles. The fraction of sp³-hybridized carbons (Fsp3) is 0.923. The summed E-state index contributed by atoms with van der Waals surface area (Å²) in [4.78, 5) is 9.47. The van der Waals surface area contributed by atoms with Gasteiger partial charge in [0.05, 0.1) is 39.6 Å². The highest BCUT2D eigenvalue weighted by Gasteiger charge is 1.87. The Morgan fingerprint density at radius 2 is 1.00 bits per heavy atom. The Kier molecular flexibility index (Phi) is 49.1. The molecule has 0 spiro atoms. The standard InChI is InChI=1S/C4H10O2.C3H6O3.2C3H8O2/c1-5-3-4-6-2;1-6-2-3(4)5;2*1-5-3-2-4/h3-4H2,1-2H3;2H2,1H3,(H,4,5);2*4H,2-3H2,1H3. The number of carbonyl (C=O) groups is 1. The number of aliphatic hydroxyl groups excluding tert-OH is 2. The van der Waals surface area contributed by atoms with Crippen LogP contribution in [0.25, 0.3) is 0 Å². The smallest absolute Gasteiger partial charge is 0.329 e. The molecule has 0 radical (unpaired) electrons. The van der Waals surface area contributed by atoms with Crippen LogP contribution in [0.4, 0.5) is 0 Å². The van der Waals surface area contributed by atoms with Crippen molar-refractivity contribution in [1.82, 2.24) is 0 Å². The molecule has 0 saturated heterocycles. The molecule has 22 heavy (non-hydrogen) atoms. The van der Waals surface area contributed by atoms with E-state index in [1.165, 1.54) is 7.11 Å². The van der Waals surface area contributed by atoms with E-state index in [2.05, 4.69) is 23.7 Å². The lowest BCUT2D eigenvalue weighted by atomic mass is 10.8. The third-order valence-corrected chi connectivity index (χ3v) is 1.35. The van der Waals surface area contributed by atoms with Crippen molar-refractivity contribution >= 4 is 5.97 Å². The highest BCUT2D eigenvalue weighted by atomic mass is 16.5. The van der Waals surface area contributed by atoms with Crippen molar-refractivity contribution in [2.45, 2.75) is 0 Å². The zero-order chi connectivity index (χ0) is 18.1. The number of carboxylic acids is 1. The van der Waals surface area contributed by atoms with Crippen LogP contribution in [0.5, 0.6) is 0 Å². The van der Waals surface area contributed by atoms with Gasteiger partial charge in [-0.25, -0.2) is 4.79 Å². The van der Waals surface area contributed by atoms with Crippen molar-refractivity contribution in [3.8, 4) is 0 Å². The van der Waals surface area contributed by atoms with Crippen LogP contribution in [0.15, 0.2) is 0 Å². The van der Waals surface area contributed by atoms with E-state index >= 15 is 0 Å². The van der Waals surface area contributed by atoms with Crippen LogP contribution in [0.2, 0.25) is 0 Å². The van der Waals surface area contributed by atoms with E-state index < -0.39 is 5.97 Å². The van der Waals surface area contributed by atoms with Gasteiger partial charge >= 0.3 is 5.97 Å². The number of hydrogen-bond donors (Lipinski definition) is 3. The van der Waals surface area contributed by atoms with Crippen LogP contribution >= 0.6 is 0 Å². The van der Waals surface area contributed by atoms with Gasteiger partial charge in [-0.2, -0.15) is 0 Å². The zero-order valence-electron chi connectivity index (χ0n) is 14.2. The molecule has 138 valence electrons. The summed E-state index contributed by atoms with van der Waals surface area (Å²) in [5, 5.41) is 23.7. The van der Waals surface area contributed by atoms with E-state index in [4.69, 9.17) is 15.3 Å². The van der Waals surface area contributed by atoms with Gasteiger partial charge in [0.15, 0.2) is 0 Å². The average Bonchev–Trinajstić information content (AvgIpc) is 2.48. The summed E-state index contributed by atoms with van der Waals surface area (Å²) in [5.41, 5.74) is 0. The van der Waals surface area contributed by atoms with Gasteiger partial charge in [-0.15, -0.1) is 0 Å². The van der Waals surface area contributed by atoms with Gasteiger partial charge < -0.3 is 39.0 Å². The zero-order valence-corrected chi connectivity index (χ0v) is 14.2. The molecule has 0 saturated carbocycles. The highest BCUT2D eigenvalue weighted by molar-refractivity contribution is 5.67. The fourth-order valence-electron chi connectivity index (χ4n) is 0.473. The number of rotatable bonds is 9. The first-order chi connectivity index (χ1) is 10.5. The number of aliphatic carboxylic acids is 1. The Labute approximate surface area is 132 Å². The van der Waals surface area contributed by atoms with E-state index in [-0.39, 0.29) is 19.8 Å². The molecule has 0 aliphatic heterocycles. The minimum atomic E-state index is -0.933. The summed E-state index contributed by atoms with van der Waals surface area (Å²) in [6.07, 6.45) is 0. The molecule has 0 aromatic heterocycles. The first-order valence-electron chi connectivity index (χ1n) is 6.40. The lowest BCUT2D eigenvalue weighted by molar-refractivity contribution is -0.141. The monoisotopic (exact) mass is 332 g/mol. The van der Waals surface area contributed by atoms with Crippen molar-refractivity contribution in [2.24, 2.45) is 0 Å². The molecule has 0 fully saturated rings. The van der Waals surface area contributed by atoms with E-state index in [9.17, 15) is 4.79 Å². The largest absolute Gasteiger partial charge is 0.480 e. The quantitative estimate of drug-likeness (QED) is 0.468. The first-order valence-corrected chi connectivity index (χ1v) is 6.40. The Hall–Kier alpha value is -0.810. The predicted octanol–water partition coefficient (Wildman–Crippen LogP) is -0.753. The van der Waals surface area contributed by atoms with Gasteiger partial charge in [-0.05, 0) is 0 Å². The van der Waals surface area contributed by atoms with Crippen molar-refractivity contribution in [1.29, 1.82) is 0 Å². The van der Waals surface area contributed by atoms with E-state index in [1.54, 1.807) is 28.4 Å². The fourth-order valence-corrected chi connectivity index (χ4v) is 0.473. The van der Waals surface area contributed by atoms with Gasteiger partial charge in [0.2, 0.25) is 0 Å². The maximum atomic E-state index is 9.47. The van der Waals surface area contributed by atoms with Crippen LogP contribution in [-0.2, 0) is 28.5 Å². The molecule has 0 bridgehead atoms. The molecule has 0 atom stereocenters. The topological polar surface area (TPSA) is 124 Å². The molecule has 0 rings (SSSR count). The molecule has 0 heterocycles. The molecule has 0 aromatic rings. The van der Waals surface area contributed by atoms with Gasteiger partial charge in [0.1, 0.15) is 6.61 Å². The summed E-state index contributed by atoms with van der Waals surface area (Å²) in [5.74, 6) is -0.933. The van der Waals surface area contributed by atoms with Crippen LogP contribution in [0.1, 0.15) is 0 Å². The Morgan fingerprint density at radius 3 is 1.05 bits per heavy atom. The third kappa shape index (κ3) is 75.2. The SMILES string of the molecule is COCC(=O)O.COCCO.COCCO.COCCOC. The van der Waals surface area contributed by atoms with E-state index in [0.29, 0.717) is 26.4 Å². The molecule has 0 aliphatic rings. The summed E-state index contributed by atoms with van der Waals surface area (Å²) in [6.45, 7) is 2.31. The number of aliphatic hydroxyl groups is 2. The summed E-state index contributed by atoms with van der Waals surface area (Å²) in [7, 11) is 7.75. The number of ether oxygens (including phenoxy) is 5. The number of hydrogen-bond acceptors (Lipinski definition) is 8.